The molecule has 0 spiro atoms. The van der Waals surface area contributed by atoms with Crippen molar-refractivity contribution in [2.75, 3.05) is 20.2 Å². The van der Waals surface area contributed by atoms with Gasteiger partial charge in [-0.1, -0.05) is 17.9 Å². The van der Waals surface area contributed by atoms with Crippen molar-refractivity contribution in [2.24, 2.45) is 0 Å². The molecule has 1 rings (SSSR count). The van der Waals surface area contributed by atoms with Gasteiger partial charge in [-0.05, 0) is 24.6 Å². The SMILES string of the molecule is Cc1c(C#CCCO)cccc1C(=O)N(C)CC(F)F. The van der Waals surface area contributed by atoms with Gasteiger partial charge in [0.2, 0.25) is 0 Å². The van der Waals surface area contributed by atoms with Gasteiger partial charge in [0.15, 0.2) is 0 Å². The summed E-state index contributed by atoms with van der Waals surface area (Å²) in [5, 5.41) is 8.68. The van der Waals surface area contributed by atoms with Gasteiger partial charge in [-0.25, -0.2) is 8.78 Å². The Hall–Kier alpha value is -1.93. The van der Waals surface area contributed by atoms with Crippen LogP contribution in [0.25, 0.3) is 0 Å². The minimum Gasteiger partial charge on any atom is -0.395 e. The van der Waals surface area contributed by atoms with E-state index < -0.39 is 18.9 Å². The molecule has 1 aromatic carbocycles. The largest absolute Gasteiger partial charge is 0.395 e. The second-order valence-electron chi connectivity index (χ2n) is 4.33. The maximum absolute atomic E-state index is 12.3. The molecule has 1 aromatic rings. The molecular weight excluding hydrogens is 264 g/mol. The van der Waals surface area contributed by atoms with Crippen molar-refractivity contribution in [1.29, 1.82) is 0 Å². The minimum absolute atomic E-state index is 0.0260. The van der Waals surface area contributed by atoms with Crippen molar-refractivity contribution in [3.8, 4) is 11.8 Å². The van der Waals surface area contributed by atoms with Gasteiger partial charge < -0.3 is 10.0 Å². The van der Waals surface area contributed by atoms with E-state index in [0.29, 0.717) is 23.1 Å². The molecule has 1 N–H and O–H groups in total. The molecule has 0 unspecified atom stereocenters. The standard InChI is InChI=1S/C15H17F2NO2/c1-11-12(6-3-4-9-19)7-5-8-13(11)15(20)18(2)10-14(16)17/h5,7-8,14,19H,4,9-10H2,1-2H3. The Labute approximate surface area is 117 Å². The molecule has 0 radical (unpaired) electrons. The monoisotopic (exact) mass is 281 g/mol. The number of amides is 1. The van der Waals surface area contributed by atoms with Gasteiger partial charge in [-0.3, -0.25) is 4.79 Å². The average Bonchev–Trinajstić information content (AvgIpc) is 2.39. The van der Waals surface area contributed by atoms with Gasteiger partial charge in [0.05, 0.1) is 13.2 Å². The predicted molar refractivity (Wildman–Crippen MR) is 72.7 cm³/mol. The van der Waals surface area contributed by atoms with Crippen LogP contribution in [0, 0.1) is 18.8 Å². The maximum Gasteiger partial charge on any atom is 0.255 e. The Kier molecular flexibility index (Phi) is 6.13. The number of halogens is 2. The van der Waals surface area contributed by atoms with E-state index in [2.05, 4.69) is 11.8 Å². The summed E-state index contributed by atoms with van der Waals surface area (Å²) >= 11 is 0. The van der Waals surface area contributed by atoms with Gasteiger partial charge in [-0.15, -0.1) is 0 Å². The summed E-state index contributed by atoms with van der Waals surface area (Å²) in [6.45, 7) is 1.10. The molecule has 0 aromatic heterocycles. The number of hydrogen-bond donors (Lipinski definition) is 1. The number of carbonyl (C=O) groups is 1. The summed E-state index contributed by atoms with van der Waals surface area (Å²) in [6.07, 6.45) is -2.21. The summed E-state index contributed by atoms with van der Waals surface area (Å²) in [6, 6.07) is 5.01. The van der Waals surface area contributed by atoms with Crippen LogP contribution in [-0.4, -0.2) is 42.5 Å². The Morgan fingerprint density at radius 2 is 2.15 bits per heavy atom. The molecule has 20 heavy (non-hydrogen) atoms. The van der Waals surface area contributed by atoms with E-state index in [1.165, 1.54) is 7.05 Å². The fourth-order valence-corrected chi connectivity index (χ4v) is 1.71. The van der Waals surface area contributed by atoms with Crippen LogP contribution in [0.4, 0.5) is 8.78 Å². The van der Waals surface area contributed by atoms with Crippen molar-refractivity contribution in [1.82, 2.24) is 4.90 Å². The van der Waals surface area contributed by atoms with Crippen molar-refractivity contribution >= 4 is 5.91 Å². The van der Waals surface area contributed by atoms with Crippen LogP contribution < -0.4 is 0 Å². The lowest BCUT2D eigenvalue weighted by Gasteiger charge is -2.18. The first-order valence-electron chi connectivity index (χ1n) is 6.20. The average molecular weight is 281 g/mol. The number of alkyl halides is 2. The third-order valence-corrected chi connectivity index (χ3v) is 2.78. The Balaban J connectivity index is 3.00. The van der Waals surface area contributed by atoms with Crippen LogP contribution in [0.5, 0.6) is 0 Å². The van der Waals surface area contributed by atoms with E-state index in [0.717, 1.165) is 4.90 Å². The summed E-state index contributed by atoms with van der Waals surface area (Å²) in [4.78, 5) is 13.1. The second-order valence-corrected chi connectivity index (χ2v) is 4.33. The highest BCUT2D eigenvalue weighted by Gasteiger charge is 2.18. The smallest absolute Gasteiger partial charge is 0.255 e. The van der Waals surface area contributed by atoms with E-state index in [1.807, 2.05) is 0 Å². The van der Waals surface area contributed by atoms with E-state index >= 15 is 0 Å². The number of nitrogens with zero attached hydrogens (tertiary/aromatic N) is 1. The lowest BCUT2D eigenvalue weighted by atomic mass is 10.0. The number of aliphatic hydroxyl groups excluding tert-OH is 1. The van der Waals surface area contributed by atoms with Crippen LogP contribution >= 0.6 is 0 Å². The highest BCUT2D eigenvalue weighted by atomic mass is 19.3. The Bertz CT molecular complexity index is 532. The molecule has 0 atom stereocenters. The lowest BCUT2D eigenvalue weighted by Crippen LogP contribution is -2.31. The van der Waals surface area contributed by atoms with Crippen molar-refractivity contribution in [3.05, 3.63) is 34.9 Å². The normalized spacial score (nSPS) is 10.1. The Morgan fingerprint density at radius 3 is 2.75 bits per heavy atom. The van der Waals surface area contributed by atoms with Gasteiger partial charge in [0, 0.05) is 24.6 Å². The first-order chi connectivity index (χ1) is 9.47. The van der Waals surface area contributed by atoms with Gasteiger partial charge in [0.1, 0.15) is 0 Å². The number of benzene rings is 1. The molecule has 0 fully saturated rings. The summed E-state index contributed by atoms with van der Waals surface area (Å²) in [5.74, 6) is 5.18. The van der Waals surface area contributed by atoms with Gasteiger partial charge in [0.25, 0.3) is 12.3 Å². The third-order valence-electron chi connectivity index (χ3n) is 2.78. The zero-order valence-corrected chi connectivity index (χ0v) is 11.5. The first kappa shape index (κ1) is 16.1. The zero-order chi connectivity index (χ0) is 15.1. The third kappa shape index (κ3) is 4.32. The zero-order valence-electron chi connectivity index (χ0n) is 11.5. The molecule has 5 heteroatoms. The van der Waals surface area contributed by atoms with Crippen molar-refractivity contribution in [2.45, 2.75) is 19.8 Å². The lowest BCUT2D eigenvalue weighted by molar-refractivity contribution is 0.0619. The van der Waals surface area contributed by atoms with E-state index in [1.54, 1.807) is 25.1 Å². The molecule has 3 nitrogen and oxygen atoms in total. The molecule has 0 aliphatic rings. The minimum atomic E-state index is -2.56. The fourth-order valence-electron chi connectivity index (χ4n) is 1.71. The molecule has 108 valence electrons. The topological polar surface area (TPSA) is 40.5 Å². The van der Waals surface area contributed by atoms with E-state index in [4.69, 9.17) is 5.11 Å². The van der Waals surface area contributed by atoms with E-state index in [9.17, 15) is 13.6 Å². The van der Waals surface area contributed by atoms with Gasteiger partial charge in [-0.2, -0.15) is 0 Å². The summed E-state index contributed by atoms with van der Waals surface area (Å²) in [7, 11) is 1.35. The summed E-state index contributed by atoms with van der Waals surface area (Å²) in [5.41, 5.74) is 1.68. The molecule has 0 bridgehead atoms. The highest BCUT2D eigenvalue weighted by molar-refractivity contribution is 5.96. The molecule has 0 aliphatic carbocycles. The van der Waals surface area contributed by atoms with Crippen LogP contribution in [-0.2, 0) is 0 Å². The predicted octanol–water partition coefficient (Wildman–Crippen LogP) is 2.07. The number of rotatable bonds is 4. The number of carbonyl (C=O) groups excluding carboxylic acids is 1. The maximum atomic E-state index is 12.3. The molecule has 0 saturated heterocycles. The van der Waals surface area contributed by atoms with Gasteiger partial charge >= 0.3 is 0 Å². The number of aliphatic hydroxyl groups is 1. The van der Waals surface area contributed by atoms with Crippen LogP contribution in [0.15, 0.2) is 18.2 Å². The number of hydrogen-bond acceptors (Lipinski definition) is 2. The van der Waals surface area contributed by atoms with Crippen LogP contribution in [0.1, 0.15) is 27.9 Å². The molecular formula is C15H17F2NO2. The Morgan fingerprint density at radius 1 is 1.45 bits per heavy atom. The van der Waals surface area contributed by atoms with Crippen LogP contribution in [0.2, 0.25) is 0 Å². The van der Waals surface area contributed by atoms with Crippen molar-refractivity contribution < 1.29 is 18.7 Å². The molecule has 0 aliphatic heterocycles. The quantitative estimate of drug-likeness (QED) is 0.858. The first-order valence-corrected chi connectivity index (χ1v) is 6.20. The molecule has 1 amide bonds. The fraction of sp³-hybridized carbons (Fsp3) is 0.400. The van der Waals surface area contributed by atoms with Crippen LogP contribution in [0.3, 0.4) is 0 Å². The highest BCUT2D eigenvalue weighted by Crippen LogP contribution is 2.15. The van der Waals surface area contributed by atoms with E-state index in [-0.39, 0.29) is 6.61 Å². The summed E-state index contributed by atoms with van der Waals surface area (Å²) < 4.78 is 24.6. The second kappa shape index (κ2) is 7.61. The molecule has 0 heterocycles. The van der Waals surface area contributed by atoms with Crippen molar-refractivity contribution in [3.63, 3.8) is 0 Å². The molecule has 0 saturated carbocycles.